The van der Waals surface area contributed by atoms with Gasteiger partial charge in [-0.2, -0.15) is 10.4 Å². The summed E-state index contributed by atoms with van der Waals surface area (Å²) in [4.78, 5) is 22.7. The Morgan fingerprint density at radius 2 is 2.08 bits per heavy atom. The molecule has 0 spiro atoms. The number of carbonyl (C=O) groups excluding carboxylic acids is 1. The van der Waals surface area contributed by atoms with Crippen LogP contribution in [0.2, 0.25) is 5.02 Å². The van der Waals surface area contributed by atoms with Crippen molar-refractivity contribution in [3.05, 3.63) is 81.1 Å². The first-order valence-corrected chi connectivity index (χ1v) is 7.67. The highest BCUT2D eigenvalue weighted by molar-refractivity contribution is 6.31. The van der Waals surface area contributed by atoms with Crippen LogP contribution in [0.15, 0.2) is 54.7 Å². The minimum absolute atomic E-state index is 0.0748. The summed E-state index contributed by atoms with van der Waals surface area (Å²) in [5.74, 6) is -0.486. The second kappa shape index (κ2) is 7.04. The normalized spacial score (nSPS) is 10.2. The van der Waals surface area contributed by atoms with Crippen LogP contribution in [0.3, 0.4) is 0 Å². The van der Waals surface area contributed by atoms with Gasteiger partial charge in [-0.05, 0) is 30.3 Å². The predicted molar refractivity (Wildman–Crippen MR) is 94.3 cm³/mol. The molecule has 0 aliphatic heterocycles. The Hall–Kier alpha value is -3.70. The standard InChI is InChI=1S/C17H10ClN5O3/c18-15-5-4-12(8-11(15)10-19)20-17(24)16-6-7-22(21-16)13-2-1-3-14(9-13)23(25)26/h1-9H,(H,20,24). The lowest BCUT2D eigenvalue weighted by Gasteiger charge is -2.04. The van der Waals surface area contributed by atoms with Gasteiger partial charge in [0.2, 0.25) is 0 Å². The molecule has 8 nitrogen and oxygen atoms in total. The molecule has 2 aromatic carbocycles. The van der Waals surface area contributed by atoms with E-state index in [-0.39, 0.29) is 16.9 Å². The zero-order chi connectivity index (χ0) is 18.7. The lowest BCUT2D eigenvalue weighted by Crippen LogP contribution is -2.13. The third-order valence-corrected chi connectivity index (χ3v) is 3.80. The number of amides is 1. The van der Waals surface area contributed by atoms with Gasteiger partial charge in [0.25, 0.3) is 11.6 Å². The van der Waals surface area contributed by atoms with E-state index >= 15 is 0 Å². The summed E-state index contributed by atoms with van der Waals surface area (Å²) in [6.07, 6.45) is 1.52. The van der Waals surface area contributed by atoms with Gasteiger partial charge in [0.1, 0.15) is 6.07 Å². The fourth-order valence-electron chi connectivity index (χ4n) is 2.22. The van der Waals surface area contributed by atoms with E-state index in [1.165, 1.54) is 47.3 Å². The first kappa shape index (κ1) is 17.1. The molecule has 26 heavy (non-hydrogen) atoms. The van der Waals surface area contributed by atoms with E-state index in [2.05, 4.69) is 10.4 Å². The topological polar surface area (TPSA) is 114 Å². The number of nitrogens with one attached hydrogen (secondary N) is 1. The minimum atomic E-state index is -0.506. The van der Waals surface area contributed by atoms with Crippen molar-refractivity contribution in [3.8, 4) is 11.8 Å². The number of nitro groups is 1. The van der Waals surface area contributed by atoms with Crippen molar-refractivity contribution in [2.75, 3.05) is 5.32 Å². The number of nitrogens with zero attached hydrogens (tertiary/aromatic N) is 4. The van der Waals surface area contributed by atoms with E-state index in [4.69, 9.17) is 16.9 Å². The zero-order valence-corrected chi connectivity index (χ0v) is 13.8. The molecule has 0 aliphatic rings. The lowest BCUT2D eigenvalue weighted by atomic mass is 10.2. The number of nitro benzene ring substituents is 1. The van der Waals surface area contributed by atoms with Gasteiger partial charge in [0.05, 0.1) is 21.2 Å². The second-order valence-electron chi connectivity index (χ2n) is 5.18. The van der Waals surface area contributed by atoms with E-state index in [9.17, 15) is 14.9 Å². The largest absolute Gasteiger partial charge is 0.321 e. The van der Waals surface area contributed by atoms with Crippen LogP contribution in [0, 0.1) is 21.4 Å². The Bertz CT molecular complexity index is 1050. The number of rotatable bonds is 4. The van der Waals surface area contributed by atoms with Crippen molar-refractivity contribution in [1.82, 2.24) is 9.78 Å². The molecular weight excluding hydrogens is 358 g/mol. The first-order chi connectivity index (χ1) is 12.5. The molecule has 0 saturated carbocycles. The molecule has 0 saturated heterocycles. The van der Waals surface area contributed by atoms with Crippen molar-refractivity contribution in [1.29, 1.82) is 5.26 Å². The summed E-state index contributed by atoms with van der Waals surface area (Å²) in [5, 5.41) is 26.9. The van der Waals surface area contributed by atoms with Crippen LogP contribution >= 0.6 is 11.6 Å². The lowest BCUT2D eigenvalue weighted by molar-refractivity contribution is -0.384. The summed E-state index contributed by atoms with van der Waals surface area (Å²) in [6.45, 7) is 0. The van der Waals surface area contributed by atoms with E-state index in [1.54, 1.807) is 12.1 Å². The maximum Gasteiger partial charge on any atom is 0.276 e. The second-order valence-corrected chi connectivity index (χ2v) is 5.59. The molecule has 1 N–H and O–H groups in total. The van der Waals surface area contributed by atoms with Gasteiger partial charge < -0.3 is 5.32 Å². The van der Waals surface area contributed by atoms with Crippen molar-refractivity contribution < 1.29 is 9.72 Å². The highest BCUT2D eigenvalue weighted by Crippen LogP contribution is 2.20. The number of non-ortho nitro benzene ring substituents is 1. The average molecular weight is 368 g/mol. The fourth-order valence-corrected chi connectivity index (χ4v) is 2.38. The van der Waals surface area contributed by atoms with E-state index in [1.807, 2.05) is 6.07 Å². The van der Waals surface area contributed by atoms with E-state index in [0.29, 0.717) is 16.4 Å². The quantitative estimate of drug-likeness (QED) is 0.559. The Morgan fingerprint density at radius 1 is 1.27 bits per heavy atom. The van der Waals surface area contributed by atoms with Crippen LogP contribution in [0.1, 0.15) is 16.1 Å². The van der Waals surface area contributed by atoms with Crippen molar-refractivity contribution in [2.24, 2.45) is 0 Å². The van der Waals surface area contributed by atoms with Gasteiger partial charge in [-0.15, -0.1) is 0 Å². The van der Waals surface area contributed by atoms with Crippen LogP contribution < -0.4 is 5.32 Å². The SMILES string of the molecule is N#Cc1cc(NC(=O)c2ccn(-c3cccc([N+](=O)[O-])c3)n2)ccc1Cl. The molecule has 0 unspecified atom stereocenters. The van der Waals surface area contributed by atoms with Crippen LogP contribution in [0.5, 0.6) is 0 Å². The summed E-state index contributed by atoms with van der Waals surface area (Å²) < 4.78 is 1.37. The highest BCUT2D eigenvalue weighted by Gasteiger charge is 2.13. The molecule has 128 valence electrons. The van der Waals surface area contributed by atoms with E-state index in [0.717, 1.165) is 0 Å². The Kier molecular flexibility index (Phi) is 4.64. The molecule has 0 aliphatic carbocycles. The van der Waals surface area contributed by atoms with Crippen molar-refractivity contribution >= 4 is 28.9 Å². The number of benzene rings is 2. The number of carbonyl (C=O) groups is 1. The third kappa shape index (κ3) is 3.53. The summed E-state index contributed by atoms with van der Waals surface area (Å²) >= 11 is 5.86. The number of anilines is 1. The summed E-state index contributed by atoms with van der Waals surface area (Å²) in [6, 6.07) is 13.8. The van der Waals surface area contributed by atoms with Gasteiger partial charge in [0, 0.05) is 24.0 Å². The van der Waals surface area contributed by atoms with Gasteiger partial charge in [-0.1, -0.05) is 17.7 Å². The maximum atomic E-state index is 12.3. The number of hydrogen-bond donors (Lipinski definition) is 1. The zero-order valence-electron chi connectivity index (χ0n) is 13.1. The van der Waals surface area contributed by atoms with Crippen LogP contribution in [-0.4, -0.2) is 20.6 Å². The Balaban J connectivity index is 1.81. The predicted octanol–water partition coefficient (Wildman–Crippen LogP) is 3.56. The first-order valence-electron chi connectivity index (χ1n) is 7.29. The average Bonchev–Trinajstić information content (AvgIpc) is 3.13. The smallest absolute Gasteiger partial charge is 0.276 e. The highest BCUT2D eigenvalue weighted by atomic mass is 35.5. The Morgan fingerprint density at radius 3 is 2.81 bits per heavy atom. The van der Waals surface area contributed by atoms with Crippen molar-refractivity contribution in [3.63, 3.8) is 0 Å². The van der Waals surface area contributed by atoms with Gasteiger partial charge >= 0.3 is 0 Å². The molecule has 0 atom stereocenters. The molecule has 1 amide bonds. The van der Waals surface area contributed by atoms with Gasteiger partial charge in [0.15, 0.2) is 5.69 Å². The number of nitriles is 1. The van der Waals surface area contributed by atoms with Crippen LogP contribution in [0.25, 0.3) is 5.69 Å². The molecule has 0 radical (unpaired) electrons. The van der Waals surface area contributed by atoms with Gasteiger partial charge in [-0.3, -0.25) is 14.9 Å². The van der Waals surface area contributed by atoms with Crippen LogP contribution in [0.4, 0.5) is 11.4 Å². The molecule has 1 heterocycles. The number of aromatic nitrogens is 2. The van der Waals surface area contributed by atoms with Crippen molar-refractivity contribution in [2.45, 2.75) is 0 Å². The number of halogens is 1. The van der Waals surface area contributed by atoms with Gasteiger partial charge in [-0.25, -0.2) is 4.68 Å². The third-order valence-electron chi connectivity index (χ3n) is 3.47. The molecule has 0 fully saturated rings. The molecule has 1 aromatic heterocycles. The molecule has 3 aromatic rings. The maximum absolute atomic E-state index is 12.3. The molecule has 0 bridgehead atoms. The minimum Gasteiger partial charge on any atom is -0.321 e. The van der Waals surface area contributed by atoms with E-state index < -0.39 is 10.8 Å². The summed E-state index contributed by atoms with van der Waals surface area (Å²) in [7, 11) is 0. The summed E-state index contributed by atoms with van der Waals surface area (Å²) in [5.41, 5.74) is 1.14. The number of hydrogen-bond acceptors (Lipinski definition) is 5. The fraction of sp³-hybridized carbons (Fsp3) is 0. The molecular formula is C17H10ClN5O3. The Labute approximate surface area is 152 Å². The monoisotopic (exact) mass is 367 g/mol. The molecule has 3 rings (SSSR count). The van der Waals surface area contributed by atoms with Crippen LogP contribution in [-0.2, 0) is 0 Å². The molecule has 9 heteroatoms.